The number of nitrogens with two attached hydrogens (primary N) is 1. The lowest BCUT2D eigenvalue weighted by atomic mass is 10.2. The van der Waals surface area contributed by atoms with Crippen LogP contribution in [-0.2, 0) is 0 Å². The van der Waals surface area contributed by atoms with Gasteiger partial charge in [0.2, 0.25) is 0 Å². The molecule has 0 saturated heterocycles. The number of nitrogens with zero attached hydrogens (tertiary/aromatic N) is 3. The van der Waals surface area contributed by atoms with Crippen LogP contribution in [0.15, 0.2) is 34.4 Å². The van der Waals surface area contributed by atoms with Gasteiger partial charge in [-0.2, -0.15) is 5.10 Å². The molecule has 3 heterocycles. The van der Waals surface area contributed by atoms with E-state index in [2.05, 4.69) is 20.1 Å². The Morgan fingerprint density at radius 2 is 2.33 bits per heavy atom. The third kappa shape index (κ3) is 1.01. The summed E-state index contributed by atoms with van der Waals surface area (Å²) < 4.78 is 5.05. The molecule has 3 aromatic rings. The molecule has 0 aromatic carbocycles. The summed E-state index contributed by atoms with van der Waals surface area (Å²) in [5.41, 5.74) is 2.01. The van der Waals surface area contributed by atoms with Crippen molar-refractivity contribution in [2.75, 3.05) is 0 Å². The maximum absolute atomic E-state index is 5.26. The van der Waals surface area contributed by atoms with Crippen molar-refractivity contribution in [3.8, 4) is 0 Å². The zero-order valence-electron chi connectivity index (χ0n) is 7.64. The number of aromatic nitrogens is 3. The van der Waals surface area contributed by atoms with Gasteiger partial charge in [0.25, 0.3) is 0 Å². The van der Waals surface area contributed by atoms with Crippen LogP contribution in [0.4, 0.5) is 0 Å². The Bertz CT molecular complexity index is 696. The molecule has 3 aromatic heterocycles. The van der Waals surface area contributed by atoms with Crippen LogP contribution < -0.4 is 11.3 Å². The summed E-state index contributed by atoms with van der Waals surface area (Å²) in [7, 11) is 0. The SMILES string of the molecule is N/N=c1\ncnc2[nH]c3coccc3c12. The van der Waals surface area contributed by atoms with E-state index in [4.69, 9.17) is 10.3 Å². The first-order valence-electron chi connectivity index (χ1n) is 4.33. The molecule has 0 saturated carbocycles. The molecule has 0 atom stereocenters. The van der Waals surface area contributed by atoms with Crippen molar-refractivity contribution in [2.45, 2.75) is 0 Å². The molecular formula is C9H7N5O. The second-order valence-corrected chi connectivity index (χ2v) is 3.06. The summed E-state index contributed by atoms with van der Waals surface area (Å²) in [6.45, 7) is 0. The van der Waals surface area contributed by atoms with Crippen LogP contribution in [0.1, 0.15) is 0 Å². The fourth-order valence-electron chi connectivity index (χ4n) is 1.63. The Balaban J connectivity index is 2.69. The van der Waals surface area contributed by atoms with E-state index in [0.717, 1.165) is 16.3 Å². The van der Waals surface area contributed by atoms with Gasteiger partial charge in [0, 0.05) is 5.39 Å². The number of rotatable bonds is 0. The minimum Gasteiger partial charge on any atom is -0.470 e. The summed E-state index contributed by atoms with van der Waals surface area (Å²) >= 11 is 0. The number of H-pyrrole nitrogens is 1. The Labute approximate surface area is 83.5 Å². The first-order valence-corrected chi connectivity index (χ1v) is 4.33. The molecule has 6 nitrogen and oxygen atoms in total. The minimum atomic E-state index is 0.470. The molecular weight excluding hydrogens is 194 g/mol. The maximum Gasteiger partial charge on any atom is 0.184 e. The van der Waals surface area contributed by atoms with Crippen molar-refractivity contribution in [3.63, 3.8) is 0 Å². The average Bonchev–Trinajstić information content (AvgIpc) is 2.67. The van der Waals surface area contributed by atoms with Crippen molar-refractivity contribution >= 4 is 21.9 Å². The van der Waals surface area contributed by atoms with Crippen LogP contribution >= 0.6 is 0 Å². The van der Waals surface area contributed by atoms with Crippen molar-refractivity contribution in [3.05, 3.63) is 30.4 Å². The largest absolute Gasteiger partial charge is 0.470 e. The van der Waals surface area contributed by atoms with Crippen molar-refractivity contribution < 1.29 is 4.42 Å². The fraction of sp³-hybridized carbons (Fsp3) is 0. The van der Waals surface area contributed by atoms with Gasteiger partial charge in [0.15, 0.2) is 5.49 Å². The summed E-state index contributed by atoms with van der Waals surface area (Å²) in [6.07, 6.45) is 4.61. The van der Waals surface area contributed by atoms with Crippen molar-refractivity contribution in [1.82, 2.24) is 15.0 Å². The predicted octanol–water partition coefficient (Wildman–Crippen LogP) is 0.478. The van der Waals surface area contributed by atoms with Crippen LogP contribution in [0.3, 0.4) is 0 Å². The minimum absolute atomic E-state index is 0.470. The smallest absolute Gasteiger partial charge is 0.184 e. The predicted molar refractivity (Wildman–Crippen MR) is 53.4 cm³/mol. The lowest BCUT2D eigenvalue weighted by Gasteiger charge is -1.88. The first kappa shape index (κ1) is 7.98. The highest BCUT2D eigenvalue weighted by atomic mass is 16.3. The molecule has 0 aliphatic rings. The van der Waals surface area contributed by atoms with Gasteiger partial charge in [-0.05, 0) is 6.07 Å². The fourth-order valence-corrected chi connectivity index (χ4v) is 1.63. The summed E-state index contributed by atoms with van der Waals surface area (Å²) in [5, 5.41) is 5.38. The molecule has 0 unspecified atom stereocenters. The summed E-state index contributed by atoms with van der Waals surface area (Å²) in [4.78, 5) is 11.2. The normalized spacial score (nSPS) is 12.7. The van der Waals surface area contributed by atoms with E-state index in [-0.39, 0.29) is 0 Å². The molecule has 15 heavy (non-hydrogen) atoms. The molecule has 0 aliphatic carbocycles. The van der Waals surface area contributed by atoms with E-state index in [1.165, 1.54) is 6.33 Å². The van der Waals surface area contributed by atoms with E-state index in [1.54, 1.807) is 12.5 Å². The number of aromatic amines is 1. The van der Waals surface area contributed by atoms with Gasteiger partial charge in [-0.25, -0.2) is 9.97 Å². The van der Waals surface area contributed by atoms with Gasteiger partial charge in [-0.15, -0.1) is 0 Å². The summed E-state index contributed by atoms with van der Waals surface area (Å²) in [6, 6.07) is 1.83. The molecule has 0 aliphatic heterocycles. The van der Waals surface area contributed by atoms with Gasteiger partial charge in [-0.1, -0.05) is 0 Å². The van der Waals surface area contributed by atoms with Gasteiger partial charge in [0.05, 0.1) is 17.2 Å². The molecule has 0 fully saturated rings. The van der Waals surface area contributed by atoms with Crippen LogP contribution in [0, 0.1) is 0 Å². The van der Waals surface area contributed by atoms with Gasteiger partial charge >= 0.3 is 0 Å². The van der Waals surface area contributed by atoms with Crippen LogP contribution in [-0.4, -0.2) is 15.0 Å². The molecule has 6 heteroatoms. The number of hydrogen-bond acceptors (Lipinski definition) is 5. The Morgan fingerprint density at radius 3 is 3.20 bits per heavy atom. The quantitative estimate of drug-likeness (QED) is 0.408. The Kier molecular flexibility index (Phi) is 1.49. The molecule has 0 amide bonds. The first-order chi connectivity index (χ1) is 7.40. The van der Waals surface area contributed by atoms with Gasteiger partial charge < -0.3 is 15.2 Å². The highest BCUT2D eigenvalue weighted by Gasteiger charge is 2.07. The van der Waals surface area contributed by atoms with E-state index in [9.17, 15) is 0 Å². The zero-order chi connectivity index (χ0) is 10.3. The van der Waals surface area contributed by atoms with Gasteiger partial charge in [0.1, 0.15) is 18.2 Å². The highest BCUT2D eigenvalue weighted by Crippen LogP contribution is 2.19. The van der Waals surface area contributed by atoms with E-state index in [0.29, 0.717) is 11.1 Å². The number of hydrogen-bond donors (Lipinski definition) is 2. The molecule has 0 spiro atoms. The lowest BCUT2D eigenvalue weighted by Crippen LogP contribution is -2.11. The van der Waals surface area contributed by atoms with Crippen molar-refractivity contribution in [2.24, 2.45) is 10.9 Å². The topological polar surface area (TPSA) is 93.1 Å². The van der Waals surface area contributed by atoms with E-state index >= 15 is 0 Å². The second kappa shape index (κ2) is 2.81. The van der Waals surface area contributed by atoms with E-state index < -0.39 is 0 Å². The zero-order valence-corrected chi connectivity index (χ0v) is 7.64. The molecule has 0 bridgehead atoms. The Morgan fingerprint density at radius 1 is 1.40 bits per heavy atom. The highest BCUT2D eigenvalue weighted by molar-refractivity contribution is 6.04. The standard InChI is InChI=1S/C9H7N5O/c10-14-9-7-5-1-2-15-3-6(5)13-8(7)11-4-12-9/h1-4H,10H2,(H,11,12,13,14). The third-order valence-electron chi connectivity index (χ3n) is 2.26. The number of fused-ring (bicyclic) bond motifs is 3. The van der Waals surface area contributed by atoms with Crippen molar-refractivity contribution in [1.29, 1.82) is 0 Å². The number of nitrogens with one attached hydrogen (secondary N) is 1. The Hall–Kier alpha value is -2.37. The van der Waals surface area contributed by atoms with Crippen LogP contribution in [0.5, 0.6) is 0 Å². The summed E-state index contributed by atoms with van der Waals surface area (Å²) in [5.74, 6) is 5.26. The molecule has 74 valence electrons. The van der Waals surface area contributed by atoms with Crippen LogP contribution in [0.2, 0.25) is 0 Å². The third-order valence-corrected chi connectivity index (χ3v) is 2.26. The molecule has 0 radical (unpaired) electrons. The molecule has 3 N–H and O–H groups in total. The average molecular weight is 201 g/mol. The molecule has 3 rings (SSSR count). The van der Waals surface area contributed by atoms with Crippen LogP contribution in [0.25, 0.3) is 21.9 Å². The van der Waals surface area contributed by atoms with Gasteiger partial charge in [-0.3, -0.25) is 0 Å². The lowest BCUT2D eigenvalue weighted by molar-refractivity contribution is 0.556. The maximum atomic E-state index is 5.26. The van der Waals surface area contributed by atoms with E-state index in [1.807, 2.05) is 6.07 Å². The second-order valence-electron chi connectivity index (χ2n) is 3.06. The monoisotopic (exact) mass is 201 g/mol.